The van der Waals surface area contributed by atoms with Gasteiger partial charge in [-0.3, -0.25) is 0 Å². The van der Waals surface area contributed by atoms with E-state index in [1.807, 2.05) is 27.7 Å². The monoisotopic (exact) mass is 378 g/mol. The Balaban J connectivity index is 1.84. The lowest BCUT2D eigenvalue weighted by atomic mass is 9.78. The van der Waals surface area contributed by atoms with Crippen LogP contribution in [0.5, 0.6) is 5.75 Å². The predicted octanol–water partition coefficient (Wildman–Crippen LogP) is 5.64. The Morgan fingerprint density at radius 3 is 2.04 bits per heavy atom. The Morgan fingerprint density at radius 2 is 1.44 bits per heavy atom. The Bertz CT molecular complexity index is 573. The molecule has 0 atom stereocenters. The first-order valence-corrected chi connectivity index (χ1v) is 10.5. The summed E-state index contributed by atoms with van der Waals surface area (Å²) in [5.74, 6) is 0.220. The van der Waals surface area contributed by atoms with Crippen molar-refractivity contribution < 1.29 is 18.4 Å². The van der Waals surface area contributed by atoms with Crippen LogP contribution in [-0.4, -0.2) is 24.9 Å². The summed E-state index contributed by atoms with van der Waals surface area (Å²) in [4.78, 5) is 0. The van der Waals surface area contributed by atoms with Gasteiger partial charge in [-0.05, 0) is 40.2 Å². The molecule has 0 aromatic heterocycles. The highest BCUT2D eigenvalue weighted by atomic mass is 19.1. The van der Waals surface area contributed by atoms with Crippen molar-refractivity contribution in [3.05, 3.63) is 24.0 Å². The van der Waals surface area contributed by atoms with Gasteiger partial charge in [0.05, 0.1) is 17.8 Å². The van der Waals surface area contributed by atoms with Gasteiger partial charge in [0.2, 0.25) is 0 Å². The molecule has 0 N–H and O–H groups in total. The molecule has 2 rings (SSSR count). The van der Waals surface area contributed by atoms with Gasteiger partial charge in [-0.2, -0.15) is 0 Å². The SMILES string of the molecule is CCCCCCCCCCOc1cc(F)ccc1B1OC(C)(C)C(C)(C)O1. The molecule has 0 amide bonds. The Kier molecular flexibility index (Phi) is 8.17. The highest BCUT2D eigenvalue weighted by Crippen LogP contribution is 2.37. The molecule has 1 aromatic carbocycles. The number of benzene rings is 1. The van der Waals surface area contributed by atoms with Crippen LogP contribution in [0.2, 0.25) is 0 Å². The average molecular weight is 378 g/mol. The smallest absolute Gasteiger partial charge is 0.494 e. The molecule has 1 aliphatic rings. The lowest BCUT2D eigenvalue weighted by molar-refractivity contribution is 0.00578. The lowest BCUT2D eigenvalue weighted by Gasteiger charge is -2.32. The molecular weight excluding hydrogens is 342 g/mol. The molecule has 0 aliphatic carbocycles. The third kappa shape index (κ3) is 6.22. The van der Waals surface area contributed by atoms with Crippen LogP contribution in [0.15, 0.2) is 18.2 Å². The van der Waals surface area contributed by atoms with Crippen molar-refractivity contribution in [2.45, 2.75) is 97.2 Å². The molecule has 3 nitrogen and oxygen atoms in total. The first-order valence-electron chi connectivity index (χ1n) is 10.5. The van der Waals surface area contributed by atoms with Crippen LogP contribution in [0.4, 0.5) is 4.39 Å². The van der Waals surface area contributed by atoms with Gasteiger partial charge in [0.15, 0.2) is 0 Å². The molecule has 1 aliphatic heterocycles. The molecule has 5 heteroatoms. The molecule has 27 heavy (non-hydrogen) atoms. The molecule has 0 spiro atoms. The number of hydrogen-bond donors (Lipinski definition) is 0. The normalized spacial score (nSPS) is 18.1. The van der Waals surface area contributed by atoms with Crippen LogP contribution in [0.25, 0.3) is 0 Å². The van der Waals surface area contributed by atoms with Gasteiger partial charge in [-0.15, -0.1) is 0 Å². The third-order valence-corrected chi connectivity index (χ3v) is 5.74. The van der Waals surface area contributed by atoms with Gasteiger partial charge < -0.3 is 14.0 Å². The standard InChI is InChI=1S/C22H36BFO3/c1-6-7-8-9-10-11-12-13-16-25-20-17-18(24)14-15-19(20)23-26-21(2,3)22(4,5)27-23/h14-15,17H,6-13,16H2,1-5H3. The number of ether oxygens (including phenoxy) is 1. The Morgan fingerprint density at radius 1 is 0.889 bits per heavy atom. The van der Waals surface area contributed by atoms with E-state index in [1.54, 1.807) is 6.07 Å². The molecule has 0 bridgehead atoms. The Hall–Kier alpha value is -1.07. The predicted molar refractivity (Wildman–Crippen MR) is 110 cm³/mol. The molecule has 0 unspecified atom stereocenters. The quantitative estimate of drug-likeness (QED) is 0.368. The highest BCUT2D eigenvalue weighted by Gasteiger charge is 2.52. The van der Waals surface area contributed by atoms with Crippen LogP contribution in [-0.2, 0) is 9.31 Å². The van der Waals surface area contributed by atoms with E-state index in [4.69, 9.17) is 14.0 Å². The van der Waals surface area contributed by atoms with Crippen molar-refractivity contribution in [2.75, 3.05) is 6.61 Å². The maximum absolute atomic E-state index is 13.8. The minimum atomic E-state index is -0.538. The van der Waals surface area contributed by atoms with Gasteiger partial charge in [-0.1, -0.05) is 57.9 Å². The lowest BCUT2D eigenvalue weighted by Crippen LogP contribution is -2.41. The second kappa shape index (κ2) is 9.93. The van der Waals surface area contributed by atoms with E-state index in [1.165, 1.54) is 50.7 Å². The summed E-state index contributed by atoms with van der Waals surface area (Å²) >= 11 is 0. The van der Waals surface area contributed by atoms with Crippen LogP contribution in [0.3, 0.4) is 0 Å². The number of rotatable bonds is 11. The van der Waals surface area contributed by atoms with Gasteiger partial charge in [-0.25, -0.2) is 4.39 Å². The first kappa shape index (κ1) is 22.2. The third-order valence-electron chi connectivity index (χ3n) is 5.74. The van der Waals surface area contributed by atoms with Gasteiger partial charge in [0.1, 0.15) is 11.6 Å². The fourth-order valence-corrected chi connectivity index (χ4v) is 3.22. The minimum Gasteiger partial charge on any atom is -0.494 e. The molecule has 1 aromatic rings. The van der Waals surface area contributed by atoms with E-state index in [0.717, 1.165) is 18.3 Å². The summed E-state index contributed by atoms with van der Waals surface area (Å²) in [5, 5.41) is 0. The van der Waals surface area contributed by atoms with Crippen LogP contribution < -0.4 is 10.2 Å². The first-order chi connectivity index (χ1) is 12.8. The van der Waals surface area contributed by atoms with Gasteiger partial charge in [0.25, 0.3) is 0 Å². The Labute approximate surface area is 165 Å². The molecule has 1 heterocycles. The maximum Gasteiger partial charge on any atom is 0.498 e. The molecule has 1 fully saturated rings. The largest absolute Gasteiger partial charge is 0.498 e. The van der Waals surface area contributed by atoms with E-state index in [0.29, 0.717) is 12.4 Å². The summed E-state index contributed by atoms with van der Waals surface area (Å²) in [6.07, 6.45) is 9.94. The second-order valence-electron chi connectivity index (χ2n) is 8.59. The summed E-state index contributed by atoms with van der Waals surface area (Å²) in [6, 6.07) is 4.58. The molecule has 1 saturated heterocycles. The van der Waals surface area contributed by atoms with E-state index >= 15 is 0 Å². The van der Waals surface area contributed by atoms with Crippen molar-refractivity contribution in [2.24, 2.45) is 0 Å². The average Bonchev–Trinajstić information content (AvgIpc) is 2.81. The minimum absolute atomic E-state index is 0.304. The van der Waals surface area contributed by atoms with E-state index in [9.17, 15) is 4.39 Å². The summed E-state index contributed by atoms with van der Waals surface area (Å²) < 4.78 is 31.9. The maximum atomic E-state index is 13.8. The number of hydrogen-bond acceptors (Lipinski definition) is 3. The number of unbranched alkanes of at least 4 members (excludes halogenated alkanes) is 7. The fourth-order valence-electron chi connectivity index (χ4n) is 3.22. The molecule has 0 radical (unpaired) electrons. The molecule has 152 valence electrons. The van der Waals surface area contributed by atoms with E-state index < -0.39 is 18.3 Å². The summed E-state index contributed by atoms with van der Waals surface area (Å²) in [6.45, 7) is 10.9. The van der Waals surface area contributed by atoms with E-state index in [2.05, 4.69) is 6.92 Å². The van der Waals surface area contributed by atoms with Crippen molar-refractivity contribution >= 4 is 12.6 Å². The molecular formula is C22H36BFO3. The van der Waals surface area contributed by atoms with Crippen LogP contribution in [0.1, 0.15) is 86.0 Å². The zero-order valence-electron chi connectivity index (χ0n) is 17.8. The van der Waals surface area contributed by atoms with E-state index in [-0.39, 0.29) is 5.82 Å². The highest BCUT2D eigenvalue weighted by molar-refractivity contribution is 6.63. The zero-order valence-corrected chi connectivity index (χ0v) is 17.8. The number of halogens is 1. The van der Waals surface area contributed by atoms with Gasteiger partial charge >= 0.3 is 7.12 Å². The van der Waals surface area contributed by atoms with Crippen molar-refractivity contribution in [3.8, 4) is 5.75 Å². The zero-order chi connectivity index (χ0) is 19.9. The summed E-state index contributed by atoms with van der Waals surface area (Å²) in [7, 11) is -0.538. The van der Waals surface area contributed by atoms with Crippen LogP contribution >= 0.6 is 0 Å². The summed E-state index contributed by atoms with van der Waals surface area (Å²) in [5.41, 5.74) is -0.100. The van der Waals surface area contributed by atoms with Crippen LogP contribution in [0, 0.1) is 5.82 Å². The second-order valence-corrected chi connectivity index (χ2v) is 8.59. The van der Waals surface area contributed by atoms with Gasteiger partial charge in [0, 0.05) is 11.5 Å². The molecule has 0 saturated carbocycles. The van der Waals surface area contributed by atoms with Crippen molar-refractivity contribution in [3.63, 3.8) is 0 Å². The van der Waals surface area contributed by atoms with Crippen molar-refractivity contribution in [1.29, 1.82) is 0 Å². The van der Waals surface area contributed by atoms with Crippen molar-refractivity contribution in [1.82, 2.24) is 0 Å². The topological polar surface area (TPSA) is 27.7 Å². The fraction of sp³-hybridized carbons (Fsp3) is 0.727.